The van der Waals surface area contributed by atoms with E-state index in [1.54, 1.807) is 13.0 Å². The van der Waals surface area contributed by atoms with Crippen molar-refractivity contribution in [3.05, 3.63) is 40.0 Å². The lowest BCUT2D eigenvalue weighted by Gasteiger charge is -2.06. The first kappa shape index (κ1) is 12.8. The van der Waals surface area contributed by atoms with Crippen molar-refractivity contribution in [1.82, 2.24) is 10.1 Å². The van der Waals surface area contributed by atoms with E-state index in [0.717, 1.165) is 0 Å². The fraction of sp³-hybridized carbons (Fsp3) is 0.273. The van der Waals surface area contributed by atoms with Crippen LogP contribution in [0.3, 0.4) is 0 Å². The molecule has 0 bridgehead atoms. The molecule has 1 heterocycles. The van der Waals surface area contributed by atoms with E-state index in [1.807, 2.05) is 0 Å². The molecule has 1 N–H and O–H groups in total. The van der Waals surface area contributed by atoms with Crippen molar-refractivity contribution in [2.75, 3.05) is 12.4 Å². The highest BCUT2D eigenvalue weighted by molar-refractivity contribution is 5.64. The van der Waals surface area contributed by atoms with Crippen molar-refractivity contribution >= 4 is 11.4 Å². The Balaban J connectivity index is 2.19. The van der Waals surface area contributed by atoms with Crippen LogP contribution in [-0.2, 0) is 6.54 Å². The van der Waals surface area contributed by atoms with E-state index in [1.165, 1.54) is 19.2 Å². The predicted molar refractivity (Wildman–Crippen MR) is 66.0 cm³/mol. The number of nitrogens with one attached hydrogen (secondary N) is 1. The Morgan fingerprint density at radius 2 is 2.32 bits per heavy atom. The first-order valence-corrected chi connectivity index (χ1v) is 5.45. The Bertz CT molecular complexity index is 596. The number of aromatic nitrogens is 2. The summed E-state index contributed by atoms with van der Waals surface area (Å²) in [6.07, 6.45) is 0. The van der Waals surface area contributed by atoms with Crippen molar-refractivity contribution < 1.29 is 14.2 Å². The second-order valence-electron chi connectivity index (χ2n) is 3.72. The molecular formula is C11H12N4O4. The van der Waals surface area contributed by atoms with Gasteiger partial charge in [-0.3, -0.25) is 10.1 Å². The molecule has 0 aliphatic rings. The van der Waals surface area contributed by atoms with Gasteiger partial charge in [-0.2, -0.15) is 4.98 Å². The van der Waals surface area contributed by atoms with Crippen LogP contribution in [0, 0.1) is 17.0 Å². The predicted octanol–water partition coefficient (Wildman–Crippen LogP) is 1.91. The third-order valence-corrected chi connectivity index (χ3v) is 2.41. The zero-order valence-electron chi connectivity index (χ0n) is 10.4. The van der Waals surface area contributed by atoms with Gasteiger partial charge in [-0.05, 0) is 6.07 Å². The standard InChI is InChI=1S/C11H12N4O4/c1-7-13-11(14-19-7)6-12-9-5-8(18-2)3-4-10(9)15(16)17/h3-5,12H,6H2,1-2H3. The van der Waals surface area contributed by atoms with Crippen LogP contribution >= 0.6 is 0 Å². The van der Waals surface area contributed by atoms with E-state index in [-0.39, 0.29) is 12.2 Å². The average Bonchev–Trinajstić information content (AvgIpc) is 2.81. The number of rotatable bonds is 5. The molecule has 0 fully saturated rings. The molecule has 0 aliphatic heterocycles. The third kappa shape index (κ3) is 2.97. The molecule has 1 aromatic heterocycles. The molecule has 8 heteroatoms. The number of anilines is 1. The van der Waals surface area contributed by atoms with Crippen LogP contribution in [0.2, 0.25) is 0 Å². The molecule has 2 aromatic rings. The number of ether oxygens (including phenoxy) is 1. The topological polar surface area (TPSA) is 103 Å². The quantitative estimate of drug-likeness (QED) is 0.649. The van der Waals surface area contributed by atoms with Crippen LogP contribution in [0.15, 0.2) is 22.7 Å². The summed E-state index contributed by atoms with van der Waals surface area (Å²) in [4.78, 5) is 14.4. The van der Waals surface area contributed by atoms with Gasteiger partial charge in [0.15, 0.2) is 5.82 Å². The fourth-order valence-electron chi connectivity index (χ4n) is 1.53. The number of nitro groups is 1. The zero-order chi connectivity index (χ0) is 13.8. The van der Waals surface area contributed by atoms with Gasteiger partial charge in [0.1, 0.15) is 11.4 Å². The minimum Gasteiger partial charge on any atom is -0.497 e. The molecule has 0 atom stereocenters. The number of benzene rings is 1. The van der Waals surface area contributed by atoms with Crippen molar-refractivity contribution in [2.24, 2.45) is 0 Å². The summed E-state index contributed by atoms with van der Waals surface area (Å²) in [7, 11) is 1.49. The van der Waals surface area contributed by atoms with Gasteiger partial charge in [-0.1, -0.05) is 5.16 Å². The molecule has 1 aromatic carbocycles. The molecule has 100 valence electrons. The molecule has 0 unspecified atom stereocenters. The van der Waals surface area contributed by atoms with Crippen molar-refractivity contribution in [1.29, 1.82) is 0 Å². The molecule has 0 saturated carbocycles. The maximum Gasteiger partial charge on any atom is 0.292 e. The van der Waals surface area contributed by atoms with Gasteiger partial charge < -0.3 is 14.6 Å². The maximum atomic E-state index is 10.9. The lowest BCUT2D eigenvalue weighted by atomic mass is 10.2. The molecule has 2 rings (SSSR count). The van der Waals surface area contributed by atoms with Crippen LogP contribution < -0.4 is 10.1 Å². The summed E-state index contributed by atoms with van der Waals surface area (Å²) in [5, 5.41) is 17.5. The van der Waals surface area contributed by atoms with Gasteiger partial charge in [0.25, 0.3) is 5.69 Å². The van der Waals surface area contributed by atoms with Crippen LogP contribution in [0.4, 0.5) is 11.4 Å². The lowest BCUT2D eigenvalue weighted by molar-refractivity contribution is -0.384. The van der Waals surface area contributed by atoms with Gasteiger partial charge in [0, 0.05) is 19.1 Å². The summed E-state index contributed by atoms with van der Waals surface area (Å²) < 4.78 is 9.85. The van der Waals surface area contributed by atoms with E-state index in [0.29, 0.717) is 23.2 Å². The van der Waals surface area contributed by atoms with Crippen molar-refractivity contribution in [3.63, 3.8) is 0 Å². The first-order chi connectivity index (χ1) is 9.10. The average molecular weight is 264 g/mol. The number of methoxy groups -OCH3 is 1. The number of aryl methyl sites for hydroxylation is 1. The van der Waals surface area contributed by atoms with Crippen LogP contribution in [0.1, 0.15) is 11.7 Å². The third-order valence-electron chi connectivity index (χ3n) is 2.41. The largest absolute Gasteiger partial charge is 0.497 e. The molecule has 0 aliphatic carbocycles. The van der Waals surface area contributed by atoms with Gasteiger partial charge in [-0.15, -0.1) is 0 Å². The summed E-state index contributed by atoms with van der Waals surface area (Å²) >= 11 is 0. The van der Waals surface area contributed by atoms with Gasteiger partial charge in [-0.25, -0.2) is 0 Å². The van der Waals surface area contributed by atoms with Crippen LogP contribution in [0.25, 0.3) is 0 Å². The summed E-state index contributed by atoms with van der Waals surface area (Å²) in [5.74, 6) is 1.39. The number of nitro benzene ring substituents is 1. The van der Waals surface area contributed by atoms with E-state index in [9.17, 15) is 10.1 Å². The molecular weight excluding hydrogens is 252 g/mol. The Morgan fingerprint density at radius 3 is 2.89 bits per heavy atom. The van der Waals surface area contributed by atoms with E-state index in [4.69, 9.17) is 9.26 Å². The monoisotopic (exact) mass is 264 g/mol. The minimum absolute atomic E-state index is 0.0407. The van der Waals surface area contributed by atoms with E-state index in [2.05, 4.69) is 15.5 Å². The highest BCUT2D eigenvalue weighted by Crippen LogP contribution is 2.28. The number of hydrogen-bond acceptors (Lipinski definition) is 7. The Kier molecular flexibility index (Phi) is 3.60. The van der Waals surface area contributed by atoms with Crippen molar-refractivity contribution in [3.8, 4) is 5.75 Å². The van der Waals surface area contributed by atoms with Gasteiger partial charge in [0.2, 0.25) is 5.89 Å². The summed E-state index contributed by atoms with van der Waals surface area (Å²) in [6, 6.07) is 4.45. The lowest BCUT2D eigenvalue weighted by Crippen LogP contribution is -2.04. The van der Waals surface area contributed by atoms with E-state index >= 15 is 0 Å². The molecule has 0 saturated heterocycles. The zero-order valence-corrected chi connectivity index (χ0v) is 10.4. The van der Waals surface area contributed by atoms with Gasteiger partial charge in [0.05, 0.1) is 18.6 Å². The fourth-order valence-corrected chi connectivity index (χ4v) is 1.53. The SMILES string of the molecule is COc1ccc([N+](=O)[O-])c(NCc2noc(C)n2)c1. The minimum atomic E-state index is -0.469. The smallest absolute Gasteiger partial charge is 0.292 e. The number of hydrogen-bond donors (Lipinski definition) is 1. The Morgan fingerprint density at radius 1 is 1.53 bits per heavy atom. The van der Waals surface area contributed by atoms with Gasteiger partial charge >= 0.3 is 0 Å². The highest BCUT2D eigenvalue weighted by atomic mass is 16.6. The summed E-state index contributed by atoms with van der Waals surface area (Å²) in [6.45, 7) is 1.90. The molecule has 0 spiro atoms. The van der Waals surface area contributed by atoms with Crippen LogP contribution in [0.5, 0.6) is 5.75 Å². The Hall–Kier alpha value is -2.64. The summed E-state index contributed by atoms with van der Waals surface area (Å²) in [5.41, 5.74) is 0.299. The second kappa shape index (κ2) is 5.34. The molecule has 0 amide bonds. The highest BCUT2D eigenvalue weighted by Gasteiger charge is 2.15. The maximum absolute atomic E-state index is 10.9. The number of nitrogens with zero attached hydrogens (tertiary/aromatic N) is 3. The second-order valence-corrected chi connectivity index (χ2v) is 3.72. The van der Waals surface area contributed by atoms with Crippen molar-refractivity contribution in [2.45, 2.75) is 13.5 Å². The normalized spacial score (nSPS) is 10.2. The van der Waals surface area contributed by atoms with Crippen LogP contribution in [-0.4, -0.2) is 22.2 Å². The molecule has 19 heavy (non-hydrogen) atoms. The first-order valence-electron chi connectivity index (χ1n) is 5.45. The Labute approximate surface area is 108 Å². The van der Waals surface area contributed by atoms with E-state index < -0.39 is 4.92 Å². The molecule has 0 radical (unpaired) electrons. The molecule has 8 nitrogen and oxygen atoms in total.